The lowest BCUT2D eigenvalue weighted by Gasteiger charge is -1.99. The first-order valence-corrected chi connectivity index (χ1v) is 8.04. The van der Waals surface area contributed by atoms with E-state index in [0.717, 1.165) is 12.0 Å². The van der Waals surface area contributed by atoms with Gasteiger partial charge in [-0.05, 0) is 29.5 Å². The van der Waals surface area contributed by atoms with Crippen molar-refractivity contribution in [3.8, 4) is 0 Å². The minimum Gasteiger partial charge on any atom is -0.290 e. The zero-order valence-electron chi connectivity index (χ0n) is 12.6. The molecule has 0 bridgehead atoms. The molecule has 0 fully saturated rings. The molecule has 0 unspecified atom stereocenters. The third-order valence-electron chi connectivity index (χ3n) is 3.46. The SMILES string of the molecule is Cc1ccc(Cc2cc(CC(=O)C(=O)c3ncn[nH]3)cs2)cc1. The van der Waals surface area contributed by atoms with Gasteiger partial charge in [-0.1, -0.05) is 29.8 Å². The van der Waals surface area contributed by atoms with Crippen molar-refractivity contribution in [3.63, 3.8) is 0 Å². The van der Waals surface area contributed by atoms with E-state index in [4.69, 9.17) is 0 Å². The zero-order chi connectivity index (χ0) is 16.2. The molecule has 5 nitrogen and oxygen atoms in total. The number of hydrogen-bond acceptors (Lipinski definition) is 5. The number of carbonyl (C=O) groups excluding carboxylic acids is 2. The highest BCUT2D eigenvalue weighted by atomic mass is 32.1. The second-order valence-electron chi connectivity index (χ2n) is 5.35. The summed E-state index contributed by atoms with van der Waals surface area (Å²) in [4.78, 5) is 28.7. The molecule has 1 aromatic carbocycles. The summed E-state index contributed by atoms with van der Waals surface area (Å²) in [5.74, 6) is -1.12. The van der Waals surface area contributed by atoms with Gasteiger partial charge < -0.3 is 0 Å². The fourth-order valence-corrected chi connectivity index (χ4v) is 3.15. The summed E-state index contributed by atoms with van der Waals surface area (Å²) in [5.41, 5.74) is 3.32. The predicted molar refractivity (Wildman–Crippen MR) is 87.7 cm³/mol. The van der Waals surface area contributed by atoms with Gasteiger partial charge in [0.25, 0.3) is 5.78 Å². The summed E-state index contributed by atoms with van der Waals surface area (Å²) in [5, 5.41) is 7.93. The molecule has 2 heterocycles. The van der Waals surface area contributed by atoms with Crippen molar-refractivity contribution in [2.24, 2.45) is 0 Å². The van der Waals surface area contributed by atoms with Crippen molar-refractivity contribution in [1.82, 2.24) is 15.2 Å². The maximum atomic E-state index is 12.0. The maximum absolute atomic E-state index is 12.0. The maximum Gasteiger partial charge on any atom is 0.265 e. The fraction of sp³-hybridized carbons (Fsp3) is 0.176. The topological polar surface area (TPSA) is 75.7 Å². The van der Waals surface area contributed by atoms with Crippen LogP contribution >= 0.6 is 11.3 Å². The summed E-state index contributed by atoms with van der Waals surface area (Å²) >= 11 is 1.60. The first-order valence-electron chi connectivity index (χ1n) is 7.16. The van der Waals surface area contributed by atoms with Crippen LogP contribution in [0.25, 0.3) is 0 Å². The van der Waals surface area contributed by atoms with Crippen molar-refractivity contribution in [2.45, 2.75) is 19.8 Å². The Kier molecular flexibility index (Phi) is 4.43. The average molecular weight is 325 g/mol. The monoisotopic (exact) mass is 325 g/mol. The molecule has 0 atom stereocenters. The molecule has 3 aromatic rings. The number of ketones is 2. The number of Topliss-reactive ketones (excluding diaryl/α,β-unsaturated/α-hetero) is 2. The molecular weight excluding hydrogens is 310 g/mol. The third kappa shape index (κ3) is 3.78. The first-order chi connectivity index (χ1) is 11.1. The number of carbonyl (C=O) groups is 2. The molecule has 0 saturated heterocycles. The molecule has 3 rings (SSSR count). The zero-order valence-corrected chi connectivity index (χ0v) is 13.4. The van der Waals surface area contributed by atoms with Gasteiger partial charge in [0.1, 0.15) is 6.33 Å². The lowest BCUT2D eigenvalue weighted by Crippen LogP contribution is -2.17. The van der Waals surface area contributed by atoms with Crippen molar-refractivity contribution in [2.75, 3.05) is 0 Å². The van der Waals surface area contributed by atoms with Crippen LogP contribution in [0.1, 0.15) is 32.2 Å². The second kappa shape index (κ2) is 6.66. The highest BCUT2D eigenvalue weighted by Gasteiger charge is 2.19. The van der Waals surface area contributed by atoms with E-state index in [1.807, 2.05) is 11.4 Å². The first kappa shape index (κ1) is 15.3. The molecule has 0 amide bonds. The molecule has 0 radical (unpaired) electrons. The Hall–Kier alpha value is -2.60. The van der Waals surface area contributed by atoms with Crippen LogP contribution in [-0.2, 0) is 17.6 Å². The number of H-pyrrole nitrogens is 1. The van der Waals surface area contributed by atoms with Crippen LogP contribution in [0, 0.1) is 6.92 Å². The van der Waals surface area contributed by atoms with Crippen molar-refractivity contribution < 1.29 is 9.59 Å². The summed E-state index contributed by atoms with van der Waals surface area (Å²) in [6, 6.07) is 10.4. The molecule has 116 valence electrons. The predicted octanol–water partition coefficient (Wildman–Crippen LogP) is 2.76. The van der Waals surface area contributed by atoms with Gasteiger partial charge >= 0.3 is 0 Å². The Morgan fingerprint density at radius 2 is 1.96 bits per heavy atom. The normalized spacial score (nSPS) is 10.7. The largest absolute Gasteiger partial charge is 0.290 e. The molecule has 1 N–H and O–H groups in total. The minimum absolute atomic E-state index is 0.00916. The fourth-order valence-electron chi connectivity index (χ4n) is 2.23. The lowest BCUT2D eigenvalue weighted by atomic mass is 10.1. The number of aromatic amines is 1. The van der Waals surface area contributed by atoms with Gasteiger partial charge in [-0.15, -0.1) is 11.3 Å². The minimum atomic E-state index is -0.631. The van der Waals surface area contributed by atoms with Crippen molar-refractivity contribution >= 4 is 22.9 Å². The number of thiophene rings is 1. The van der Waals surface area contributed by atoms with E-state index in [2.05, 4.69) is 46.4 Å². The Labute approximate surface area is 137 Å². The molecule has 23 heavy (non-hydrogen) atoms. The van der Waals surface area contributed by atoms with Gasteiger partial charge in [0.05, 0.1) is 0 Å². The standard InChI is InChI=1S/C17H15N3O2S/c1-11-2-4-12(5-3-11)6-14-7-13(9-23-14)8-15(21)16(22)17-18-10-19-20-17/h2-5,7,9-10H,6,8H2,1H3,(H,18,19,20). The van der Waals surface area contributed by atoms with Crippen LogP contribution in [0.4, 0.5) is 0 Å². The van der Waals surface area contributed by atoms with Crippen molar-refractivity contribution in [3.05, 3.63) is 69.4 Å². The van der Waals surface area contributed by atoms with E-state index in [-0.39, 0.29) is 12.2 Å². The molecular formula is C17H15N3O2S. The number of aryl methyl sites for hydroxylation is 1. The van der Waals surface area contributed by atoms with Gasteiger partial charge in [-0.3, -0.25) is 14.7 Å². The Morgan fingerprint density at radius 1 is 1.17 bits per heavy atom. The number of nitrogens with one attached hydrogen (secondary N) is 1. The number of nitrogens with zero attached hydrogens (tertiary/aromatic N) is 2. The molecule has 0 aliphatic rings. The van der Waals surface area contributed by atoms with Crippen LogP contribution in [0.5, 0.6) is 0 Å². The molecule has 6 heteroatoms. The van der Waals surface area contributed by atoms with E-state index in [1.54, 1.807) is 11.3 Å². The van der Waals surface area contributed by atoms with E-state index < -0.39 is 11.6 Å². The van der Waals surface area contributed by atoms with Crippen LogP contribution in [0.2, 0.25) is 0 Å². The van der Waals surface area contributed by atoms with Gasteiger partial charge in [0, 0.05) is 17.7 Å². The molecule has 2 aromatic heterocycles. The number of benzene rings is 1. The second-order valence-corrected chi connectivity index (χ2v) is 6.34. The van der Waals surface area contributed by atoms with Crippen molar-refractivity contribution in [1.29, 1.82) is 0 Å². The third-order valence-corrected chi connectivity index (χ3v) is 4.44. The Balaban J connectivity index is 1.64. The quantitative estimate of drug-likeness (QED) is 0.558. The van der Waals surface area contributed by atoms with Gasteiger partial charge in [-0.25, -0.2) is 4.98 Å². The van der Waals surface area contributed by atoms with Gasteiger partial charge in [0.2, 0.25) is 5.78 Å². The Bertz CT molecular complexity index is 820. The summed E-state index contributed by atoms with van der Waals surface area (Å²) < 4.78 is 0. The van der Waals surface area contributed by atoms with E-state index in [0.29, 0.717) is 0 Å². The molecule has 0 aliphatic heterocycles. The van der Waals surface area contributed by atoms with Crippen LogP contribution < -0.4 is 0 Å². The van der Waals surface area contributed by atoms with E-state index in [9.17, 15) is 9.59 Å². The highest BCUT2D eigenvalue weighted by Crippen LogP contribution is 2.20. The van der Waals surface area contributed by atoms with Crippen LogP contribution in [0.15, 0.2) is 42.0 Å². The van der Waals surface area contributed by atoms with Gasteiger partial charge in [-0.2, -0.15) is 5.10 Å². The van der Waals surface area contributed by atoms with Crippen LogP contribution in [0.3, 0.4) is 0 Å². The lowest BCUT2D eigenvalue weighted by molar-refractivity contribution is -0.114. The number of rotatable bonds is 6. The van der Waals surface area contributed by atoms with E-state index >= 15 is 0 Å². The summed E-state index contributed by atoms with van der Waals surface area (Å²) in [6.07, 6.45) is 2.13. The van der Waals surface area contributed by atoms with Gasteiger partial charge in [0.15, 0.2) is 5.82 Å². The number of hydrogen-bond donors (Lipinski definition) is 1. The molecule has 0 spiro atoms. The van der Waals surface area contributed by atoms with E-state index in [1.165, 1.54) is 22.3 Å². The molecule has 0 saturated carbocycles. The average Bonchev–Trinajstić information content (AvgIpc) is 3.21. The number of aromatic nitrogens is 3. The highest BCUT2D eigenvalue weighted by molar-refractivity contribution is 7.10. The summed E-state index contributed by atoms with van der Waals surface area (Å²) in [6.45, 7) is 2.06. The molecule has 0 aliphatic carbocycles. The van der Waals surface area contributed by atoms with Crippen LogP contribution in [-0.4, -0.2) is 26.7 Å². The smallest absolute Gasteiger partial charge is 0.265 e. The summed E-state index contributed by atoms with van der Waals surface area (Å²) in [7, 11) is 0. The Morgan fingerprint density at radius 3 is 2.65 bits per heavy atom.